The van der Waals surface area contributed by atoms with Crippen LogP contribution in [-0.4, -0.2) is 26.3 Å². The third-order valence-electron chi connectivity index (χ3n) is 2.68. The van der Waals surface area contributed by atoms with Gasteiger partial charge in [0.1, 0.15) is 0 Å². The summed E-state index contributed by atoms with van der Waals surface area (Å²) in [5.74, 6) is 0.520. The minimum Gasteiger partial charge on any atom is -0.379 e. The van der Waals surface area contributed by atoms with E-state index in [-0.39, 0.29) is 12.4 Å². The van der Waals surface area contributed by atoms with Gasteiger partial charge in [-0.3, -0.25) is 0 Å². The van der Waals surface area contributed by atoms with Crippen LogP contribution in [0.1, 0.15) is 11.5 Å². The topological polar surface area (TPSA) is 21.3 Å². The minimum absolute atomic E-state index is 0. The average Bonchev–Trinajstić information content (AvgIpc) is 2.67. The van der Waals surface area contributed by atoms with Crippen molar-refractivity contribution in [2.75, 3.05) is 20.3 Å². The summed E-state index contributed by atoms with van der Waals surface area (Å²) in [5.41, 5.74) is 1.37. The molecule has 0 saturated carbocycles. The molecule has 1 fully saturated rings. The molecular formula is C11H16ClNO. The van der Waals surface area contributed by atoms with Gasteiger partial charge in [0.2, 0.25) is 0 Å². The van der Waals surface area contributed by atoms with E-state index in [9.17, 15) is 0 Å². The SMILES string of the molecule is CN[C@@H]1COC[C@@H]1c1ccccc1.Cl. The fraction of sp³-hybridized carbons (Fsp3) is 0.455. The molecule has 0 aromatic heterocycles. The Hall–Kier alpha value is -0.570. The van der Waals surface area contributed by atoms with Crippen molar-refractivity contribution in [3.63, 3.8) is 0 Å². The summed E-state index contributed by atoms with van der Waals surface area (Å²) in [6, 6.07) is 11.0. The molecule has 3 heteroatoms. The Kier molecular flexibility index (Phi) is 4.39. The molecule has 0 radical (unpaired) electrons. The van der Waals surface area contributed by atoms with Crippen LogP contribution >= 0.6 is 12.4 Å². The third-order valence-corrected chi connectivity index (χ3v) is 2.68. The van der Waals surface area contributed by atoms with Crippen molar-refractivity contribution < 1.29 is 4.74 Å². The van der Waals surface area contributed by atoms with Crippen molar-refractivity contribution in [1.29, 1.82) is 0 Å². The first kappa shape index (κ1) is 11.5. The summed E-state index contributed by atoms with van der Waals surface area (Å²) < 4.78 is 5.45. The van der Waals surface area contributed by atoms with Crippen molar-refractivity contribution >= 4 is 12.4 Å². The molecule has 0 amide bonds. The van der Waals surface area contributed by atoms with Gasteiger partial charge in [0, 0.05) is 12.0 Å². The van der Waals surface area contributed by atoms with Gasteiger partial charge in [-0.25, -0.2) is 0 Å². The molecule has 1 aliphatic rings. The van der Waals surface area contributed by atoms with Crippen molar-refractivity contribution in [2.24, 2.45) is 0 Å². The van der Waals surface area contributed by atoms with Crippen LogP contribution in [0.5, 0.6) is 0 Å². The predicted octanol–water partition coefficient (Wildman–Crippen LogP) is 1.81. The van der Waals surface area contributed by atoms with Crippen LogP contribution in [0.4, 0.5) is 0 Å². The summed E-state index contributed by atoms with van der Waals surface area (Å²) in [6.07, 6.45) is 0. The van der Waals surface area contributed by atoms with Crippen LogP contribution in [0.2, 0.25) is 0 Å². The number of likely N-dealkylation sites (N-methyl/N-ethyl adjacent to an activating group) is 1. The average molecular weight is 214 g/mol. The molecular weight excluding hydrogens is 198 g/mol. The maximum atomic E-state index is 5.45. The summed E-state index contributed by atoms with van der Waals surface area (Å²) >= 11 is 0. The highest BCUT2D eigenvalue weighted by atomic mass is 35.5. The Morgan fingerprint density at radius 1 is 1.21 bits per heavy atom. The fourth-order valence-electron chi connectivity index (χ4n) is 1.87. The van der Waals surface area contributed by atoms with Gasteiger partial charge in [0.25, 0.3) is 0 Å². The van der Waals surface area contributed by atoms with Crippen molar-refractivity contribution in [3.8, 4) is 0 Å². The zero-order valence-corrected chi connectivity index (χ0v) is 9.09. The standard InChI is InChI=1S/C11H15NO.ClH/c1-12-11-8-13-7-10(11)9-5-3-2-4-6-9;/h2-6,10-12H,7-8H2,1H3;1H/t10-,11-;/m1./s1. The summed E-state index contributed by atoms with van der Waals surface area (Å²) in [5, 5.41) is 3.29. The highest BCUT2D eigenvalue weighted by molar-refractivity contribution is 5.85. The first-order valence-corrected chi connectivity index (χ1v) is 4.72. The van der Waals surface area contributed by atoms with E-state index >= 15 is 0 Å². The van der Waals surface area contributed by atoms with Gasteiger partial charge < -0.3 is 10.1 Å². The molecule has 1 saturated heterocycles. The second kappa shape index (κ2) is 5.35. The number of hydrogen-bond donors (Lipinski definition) is 1. The van der Waals surface area contributed by atoms with Crippen LogP contribution in [0.25, 0.3) is 0 Å². The first-order chi connectivity index (χ1) is 6.42. The Bertz CT molecular complexity index is 265. The lowest BCUT2D eigenvalue weighted by Gasteiger charge is -2.16. The van der Waals surface area contributed by atoms with Crippen LogP contribution in [-0.2, 0) is 4.74 Å². The van der Waals surface area contributed by atoms with E-state index in [0.29, 0.717) is 12.0 Å². The fourth-order valence-corrected chi connectivity index (χ4v) is 1.87. The molecule has 2 nitrogen and oxygen atoms in total. The quantitative estimate of drug-likeness (QED) is 0.809. The maximum Gasteiger partial charge on any atom is 0.0626 e. The van der Waals surface area contributed by atoms with Crippen LogP contribution < -0.4 is 5.32 Å². The minimum atomic E-state index is 0. The smallest absolute Gasteiger partial charge is 0.0626 e. The molecule has 1 heterocycles. The molecule has 78 valence electrons. The molecule has 0 aliphatic carbocycles. The lowest BCUT2D eigenvalue weighted by molar-refractivity contribution is 0.188. The Morgan fingerprint density at radius 3 is 2.57 bits per heavy atom. The van der Waals surface area contributed by atoms with Crippen LogP contribution in [0, 0.1) is 0 Å². The van der Waals surface area contributed by atoms with Gasteiger partial charge in [-0.05, 0) is 12.6 Å². The molecule has 14 heavy (non-hydrogen) atoms. The zero-order valence-electron chi connectivity index (χ0n) is 8.27. The lowest BCUT2D eigenvalue weighted by Crippen LogP contribution is -2.30. The van der Waals surface area contributed by atoms with E-state index in [1.54, 1.807) is 0 Å². The van der Waals surface area contributed by atoms with Gasteiger partial charge >= 0.3 is 0 Å². The molecule has 1 aromatic carbocycles. The molecule has 0 spiro atoms. The maximum absolute atomic E-state index is 5.45. The van der Waals surface area contributed by atoms with E-state index in [2.05, 4.69) is 29.6 Å². The second-order valence-electron chi connectivity index (χ2n) is 3.45. The Morgan fingerprint density at radius 2 is 1.93 bits per heavy atom. The highest BCUT2D eigenvalue weighted by Crippen LogP contribution is 2.24. The van der Waals surface area contributed by atoms with Gasteiger partial charge in [0.05, 0.1) is 13.2 Å². The van der Waals surface area contributed by atoms with Gasteiger partial charge in [0.15, 0.2) is 0 Å². The van der Waals surface area contributed by atoms with Crippen molar-refractivity contribution in [3.05, 3.63) is 35.9 Å². The molecule has 0 unspecified atom stereocenters. The van der Waals surface area contributed by atoms with E-state index in [0.717, 1.165) is 13.2 Å². The van der Waals surface area contributed by atoms with E-state index in [4.69, 9.17) is 4.74 Å². The molecule has 1 N–H and O–H groups in total. The second-order valence-corrected chi connectivity index (χ2v) is 3.45. The monoisotopic (exact) mass is 213 g/mol. The normalized spacial score (nSPS) is 25.8. The van der Waals surface area contributed by atoms with Gasteiger partial charge in [-0.1, -0.05) is 30.3 Å². The Labute approximate surface area is 91.1 Å². The Balaban J connectivity index is 0.000000980. The third kappa shape index (κ3) is 2.27. The van der Waals surface area contributed by atoms with Gasteiger partial charge in [-0.2, -0.15) is 0 Å². The van der Waals surface area contributed by atoms with Crippen molar-refractivity contribution in [2.45, 2.75) is 12.0 Å². The van der Waals surface area contributed by atoms with Crippen molar-refractivity contribution in [1.82, 2.24) is 5.32 Å². The van der Waals surface area contributed by atoms with Gasteiger partial charge in [-0.15, -0.1) is 12.4 Å². The molecule has 2 atom stereocenters. The number of benzene rings is 1. The molecule has 1 aliphatic heterocycles. The number of halogens is 1. The largest absolute Gasteiger partial charge is 0.379 e. The number of ether oxygens (including phenoxy) is 1. The molecule has 2 rings (SSSR count). The summed E-state index contributed by atoms with van der Waals surface area (Å²) in [7, 11) is 2.00. The highest BCUT2D eigenvalue weighted by Gasteiger charge is 2.27. The van der Waals surface area contributed by atoms with E-state index in [1.807, 2.05) is 13.1 Å². The van der Waals surface area contributed by atoms with Crippen LogP contribution in [0.3, 0.4) is 0 Å². The number of rotatable bonds is 2. The summed E-state index contributed by atoms with van der Waals surface area (Å²) in [4.78, 5) is 0. The lowest BCUT2D eigenvalue weighted by atomic mass is 9.95. The molecule has 1 aromatic rings. The van der Waals surface area contributed by atoms with E-state index in [1.165, 1.54) is 5.56 Å². The summed E-state index contributed by atoms with van der Waals surface area (Å²) in [6.45, 7) is 1.67. The van der Waals surface area contributed by atoms with E-state index < -0.39 is 0 Å². The number of hydrogen-bond acceptors (Lipinski definition) is 2. The first-order valence-electron chi connectivity index (χ1n) is 4.72. The zero-order chi connectivity index (χ0) is 9.10. The van der Waals surface area contributed by atoms with Crippen LogP contribution in [0.15, 0.2) is 30.3 Å². The molecule has 0 bridgehead atoms. The number of nitrogens with one attached hydrogen (secondary N) is 1. The predicted molar refractivity (Wildman–Crippen MR) is 60.1 cm³/mol.